The van der Waals surface area contributed by atoms with E-state index in [2.05, 4.69) is 5.32 Å². The Kier molecular flexibility index (Phi) is 4.64. The van der Waals surface area contributed by atoms with E-state index in [1.807, 2.05) is 18.2 Å². The second kappa shape index (κ2) is 6.85. The number of carboxylic acid groups (broad SMARTS) is 1. The SMILES string of the molecule is O=C(Oc1ccc(C2NC(C(=O)O)CS2)cc1)c1ccccc1. The van der Waals surface area contributed by atoms with E-state index in [1.54, 1.807) is 48.2 Å². The predicted molar refractivity (Wildman–Crippen MR) is 87.6 cm³/mol. The van der Waals surface area contributed by atoms with Crippen LogP contribution in [0.3, 0.4) is 0 Å². The van der Waals surface area contributed by atoms with Gasteiger partial charge in [-0.3, -0.25) is 10.1 Å². The van der Waals surface area contributed by atoms with Crippen LogP contribution >= 0.6 is 11.8 Å². The van der Waals surface area contributed by atoms with Gasteiger partial charge in [0, 0.05) is 5.75 Å². The van der Waals surface area contributed by atoms with Gasteiger partial charge < -0.3 is 9.84 Å². The molecule has 0 aliphatic carbocycles. The Bertz CT molecular complexity index is 702. The van der Waals surface area contributed by atoms with Crippen LogP contribution in [0.5, 0.6) is 5.75 Å². The summed E-state index contributed by atoms with van der Waals surface area (Å²) in [6.45, 7) is 0. The molecule has 1 fully saturated rings. The number of carbonyl (C=O) groups is 2. The van der Waals surface area contributed by atoms with Gasteiger partial charge in [0.2, 0.25) is 0 Å². The first-order chi connectivity index (χ1) is 11.1. The summed E-state index contributed by atoms with van der Waals surface area (Å²) in [5.41, 5.74) is 1.45. The van der Waals surface area contributed by atoms with Gasteiger partial charge in [-0.1, -0.05) is 30.3 Å². The van der Waals surface area contributed by atoms with Gasteiger partial charge >= 0.3 is 11.9 Å². The summed E-state index contributed by atoms with van der Waals surface area (Å²) in [6.07, 6.45) is 0. The molecule has 118 valence electrons. The van der Waals surface area contributed by atoms with E-state index in [-0.39, 0.29) is 5.37 Å². The molecule has 23 heavy (non-hydrogen) atoms. The van der Waals surface area contributed by atoms with Crippen LogP contribution in [0.1, 0.15) is 21.3 Å². The minimum Gasteiger partial charge on any atom is -0.480 e. The average molecular weight is 329 g/mol. The third kappa shape index (κ3) is 3.72. The monoisotopic (exact) mass is 329 g/mol. The standard InChI is InChI=1S/C17H15NO4S/c19-16(20)14-10-23-15(18-14)11-6-8-13(9-7-11)22-17(21)12-4-2-1-3-5-12/h1-9,14-15,18H,10H2,(H,19,20). The maximum absolute atomic E-state index is 12.0. The number of hydrogen-bond donors (Lipinski definition) is 2. The van der Waals surface area contributed by atoms with Crippen LogP contribution < -0.4 is 10.1 Å². The number of hydrogen-bond acceptors (Lipinski definition) is 5. The van der Waals surface area contributed by atoms with E-state index in [9.17, 15) is 9.59 Å². The summed E-state index contributed by atoms with van der Waals surface area (Å²) in [5, 5.41) is 12.0. The molecule has 0 spiro atoms. The number of esters is 1. The van der Waals surface area contributed by atoms with E-state index >= 15 is 0 Å². The Labute approximate surface area is 137 Å². The zero-order chi connectivity index (χ0) is 16.2. The van der Waals surface area contributed by atoms with Crippen molar-refractivity contribution in [3.05, 3.63) is 65.7 Å². The highest BCUT2D eigenvalue weighted by Gasteiger charge is 2.30. The molecule has 0 aromatic heterocycles. The average Bonchev–Trinajstić information content (AvgIpc) is 3.07. The number of thioether (sulfide) groups is 1. The van der Waals surface area contributed by atoms with Gasteiger partial charge in [-0.05, 0) is 29.8 Å². The topological polar surface area (TPSA) is 75.6 Å². The molecular formula is C17H15NO4S. The Morgan fingerprint density at radius 3 is 2.39 bits per heavy atom. The highest BCUT2D eigenvalue weighted by Crippen LogP contribution is 2.33. The number of nitrogens with one attached hydrogen (secondary N) is 1. The molecule has 1 saturated heterocycles. The van der Waals surface area contributed by atoms with Gasteiger partial charge in [0.1, 0.15) is 11.8 Å². The van der Waals surface area contributed by atoms with Crippen LogP contribution in [0.15, 0.2) is 54.6 Å². The molecule has 1 aliphatic heterocycles. The van der Waals surface area contributed by atoms with Crippen molar-refractivity contribution in [1.82, 2.24) is 5.32 Å². The largest absolute Gasteiger partial charge is 0.480 e. The molecule has 0 radical (unpaired) electrons. The van der Waals surface area contributed by atoms with Crippen molar-refractivity contribution in [1.29, 1.82) is 0 Å². The molecule has 6 heteroatoms. The summed E-state index contributed by atoms with van der Waals surface area (Å²) >= 11 is 1.55. The molecule has 1 heterocycles. The van der Waals surface area contributed by atoms with Crippen molar-refractivity contribution >= 4 is 23.7 Å². The molecule has 2 aromatic rings. The summed E-state index contributed by atoms with van der Waals surface area (Å²) < 4.78 is 5.32. The van der Waals surface area contributed by atoms with Crippen LogP contribution in [-0.4, -0.2) is 28.8 Å². The quantitative estimate of drug-likeness (QED) is 0.663. The summed E-state index contributed by atoms with van der Waals surface area (Å²) in [4.78, 5) is 22.9. The predicted octanol–water partition coefficient (Wildman–Crippen LogP) is 2.69. The van der Waals surface area contributed by atoms with Crippen molar-refractivity contribution in [2.45, 2.75) is 11.4 Å². The minimum absolute atomic E-state index is 0.0602. The van der Waals surface area contributed by atoms with Crippen LogP contribution in [0, 0.1) is 0 Å². The fourth-order valence-electron chi connectivity index (χ4n) is 2.26. The van der Waals surface area contributed by atoms with Gasteiger partial charge in [0.25, 0.3) is 0 Å². The first-order valence-electron chi connectivity index (χ1n) is 7.11. The lowest BCUT2D eigenvalue weighted by Gasteiger charge is -2.12. The van der Waals surface area contributed by atoms with Crippen LogP contribution in [-0.2, 0) is 4.79 Å². The van der Waals surface area contributed by atoms with Crippen molar-refractivity contribution in [3.8, 4) is 5.75 Å². The van der Waals surface area contributed by atoms with Gasteiger partial charge in [-0.15, -0.1) is 11.8 Å². The maximum atomic E-state index is 12.0. The third-order valence-electron chi connectivity index (χ3n) is 3.48. The summed E-state index contributed by atoms with van der Waals surface area (Å²) in [6, 6.07) is 15.4. The number of carboxylic acids is 1. The van der Waals surface area contributed by atoms with E-state index in [1.165, 1.54) is 0 Å². The molecule has 2 aromatic carbocycles. The van der Waals surface area contributed by atoms with Crippen molar-refractivity contribution in [3.63, 3.8) is 0 Å². The normalized spacial score (nSPS) is 20.2. The number of benzene rings is 2. The lowest BCUT2D eigenvalue weighted by Crippen LogP contribution is -2.33. The third-order valence-corrected chi connectivity index (χ3v) is 4.75. The lowest BCUT2D eigenvalue weighted by molar-refractivity contribution is -0.138. The number of ether oxygens (including phenoxy) is 1. The Morgan fingerprint density at radius 2 is 1.78 bits per heavy atom. The Hall–Kier alpha value is -2.31. The van der Waals surface area contributed by atoms with E-state index < -0.39 is 18.0 Å². The second-order valence-electron chi connectivity index (χ2n) is 5.10. The number of rotatable bonds is 4. The molecule has 0 bridgehead atoms. The van der Waals surface area contributed by atoms with Gasteiger partial charge in [-0.2, -0.15) is 0 Å². The molecule has 1 aliphatic rings. The van der Waals surface area contributed by atoms with Crippen molar-refractivity contribution < 1.29 is 19.4 Å². The molecule has 5 nitrogen and oxygen atoms in total. The molecule has 2 atom stereocenters. The molecule has 3 rings (SSSR count). The van der Waals surface area contributed by atoms with Crippen molar-refractivity contribution in [2.24, 2.45) is 0 Å². The first-order valence-corrected chi connectivity index (χ1v) is 8.16. The van der Waals surface area contributed by atoms with Gasteiger partial charge in [0.15, 0.2) is 0 Å². The van der Waals surface area contributed by atoms with Crippen LogP contribution in [0.25, 0.3) is 0 Å². The highest BCUT2D eigenvalue weighted by molar-refractivity contribution is 7.99. The van der Waals surface area contributed by atoms with Crippen LogP contribution in [0.4, 0.5) is 0 Å². The van der Waals surface area contributed by atoms with E-state index in [0.717, 1.165) is 5.56 Å². The summed E-state index contributed by atoms with van der Waals surface area (Å²) in [7, 11) is 0. The fraction of sp³-hybridized carbons (Fsp3) is 0.176. The Balaban J connectivity index is 1.64. The zero-order valence-corrected chi connectivity index (χ0v) is 13.0. The first kappa shape index (κ1) is 15.6. The number of aliphatic carboxylic acids is 1. The molecule has 0 amide bonds. The molecule has 0 saturated carbocycles. The van der Waals surface area contributed by atoms with Gasteiger partial charge in [-0.25, -0.2) is 4.79 Å². The lowest BCUT2D eigenvalue weighted by atomic mass is 10.2. The maximum Gasteiger partial charge on any atom is 0.343 e. The molecular weight excluding hydrogens is 314 g/mol. The van der Waals surface area contributed by atoms with Crippen LogP contribution in [0.2, 0.25) is 0 Å². The fourth-order valence-corrected chi connectivity index (χ4v) is 3.49. The second-order valence-corrected chi connectivity index (χ2v) is 6.23. The highest BCUT2D eigenvalue weighted by atomic mass is 32.2. The molecule has 2 N–H and O–H groups in total. The van der Waals surface area contributed by atoms with Crippen molar-refractivity contribution in [2.75, 3.05) is 5.75 Å². The Morgan fingerprint density at radius 1 is 1.09 bits per heavy atom. The van der Waals surface area contributed by atoms with Gasteiger partial charge in [0.05, 0.1) is 10.9 Å². The number of carbonyl (C=O) groups excluding carboxylic acids is 1. The summed E-state index contributed by atoms with van der Waals surface area (Å²) in [5.74, 6) is -0.253. The van der Waals surface area contributed by atoms with E-state index in [0.29, 0.717) is 17.1 Å². The molecule has 2 unspecified atom stereocenters. The smallest absolute Gasteiger partial charge is 0.343 e. The zero-order valence-electron chi connectivity index (χ0n) is 12.1. The minimum atomic E-state index is -0.839. The van der Waals surface area contributed by atoms with E-state index in [4.69, 9.17) is 9.84 Å².